The smallest absolute Gasteiger partial charge is 0.156 e. The normalized spacial score (nSPS) is 15.5. The van der Waals surface area contributed by atoms with E-state index in [-0.39, 0.29) is 5.78 Å². The van der Waals surface area contributed by atoms with Crippen LogP contribution in [-0.2, 0) is 4.79 Å². The highest BCUT2D eigenvalue weighted by atomic mass is 16.1. The molecule has 3 rings (SSSR count). The molecule has 1 heterocycles. The summed E-state index contributed by atoms with van der Waals surface area (Å²) in [5.74, 6) is 0.233. The topological polar surface area (TPSA) is 30.0 Å². The number of hydrogen-bond donors (Lipinski definition) is 0. The van der Waals surface area contributed by atoms with Gasteiger partial charge in [-0.15, -0.1) is 0 Å². The van der Waals surface area contributed by atoms with Crippen LogP contribution in [0.1, 0.15) is 18.4 Å². The average molecular weight is 209 g/mol. The second-order valence-electron chi connectivity index (χ2n) is 4.05. The lowest BCUT2D eigenvalue weighted by Gasteiger charge is -2.03. The third kappa shape index (κ3) is 1.52. The lowest BCUT2D eigenvalue weighted by atomic mass is 10.0. The number of hydrogen-bond acceptors (Lipinski definition) is 2. The van der Waals surface area contributed by atoms with Crippen LogP contribution < -0.4 is 0 Å². The molecule has 0 bridgehead atoms. The Morgan fingerprint density at radius 3 is 2.88 bits per heavy atom. The number of carbonyl (C=O) groups is 1. The molecule has 0 radical (unpaired) electrons. The molecule has 0 unspecified atom stereocenters. The van der Waals surface area contributed by atoms with Gasteiger partial charge in [-0.05, 0) is 35.8 Å². The van der Waals surface area contributed by atoms with E-state index >= 15 is 0 Å². The molecule has 0 saturated heterocycles. The Morgan fingerprint density at radius 1 is 1.12 bits per heavy atom. The summed E-state index contributed by atoms with van der Waals surface area (Å²) in [6.45, 7) is 0. The summed E-state index contributed by atoms with van der Waals surface area (Å²) in [5.41, 5.74) is 3.25. The van der Waals surface area contributed by atoms with Crippen LogP contribution in [0.2, 0.25) is 0 Å². The Balaban J connectivity index is 2.12. The Kier molecular flexibility index (Phi) is 2.07. The molecule has 2 heteroatoms. The van der Waals surface area contributed by atoms with Crippen molar-refractivity contribution in [3.8, 4) is 0 Å². The summed E-state index contributed by atoms with van der Waals surface area (Å²) in [6, 6.07) is 10.1. The minimum Gasteiger partial charge on any atom is -0.295 e. The lowest BCUT2D eigenvalue weighted by molar-refractivity contribution is -0.114. The zero-order valence-corrected chi connectivity index (χ0v) is 8.81. The summed E-state index contributed by atoms with van der Waals surface area (Å²) in [6.07, 6.45) is 5.05. The zero-order chi connectivity index (χ0) is 11.0. The minimum atomic E-state index is 0.233. The molecule has 0 aliphatic heterocycles. The monoisotopic (exact) mass is 209 g/mol. The number of allylic oxidation sites excluding steroid dienone is 2. The van der Waals surface area contributed by atoms with E-state index in [1.54, 1.807) is 12.3 Å². The Hall–Kier alpha value is -1.96. The van der Waals surface area contributed by atoms with Gasteiger partial charge in [0, 0.05) is 18.0 Å². The Bertz CT molecular complexity index is 598. The molecule has 2 nitrogen and oxygen atoms in total. The largest absolute Gasteiger partial charge is 0.295 e. The number of pyridine rings is 1. The molecule has 1 aromatic heterocycles. The highest BCUT2D eigenvalue weighted by Gasteiger charge is 2.13. The predicted molar refractivity (Wildman–Crippen MR) is 64.0 cm³/mol. The molecule has 0 spiro atoms. The number of carbonyl (C=O) groups excluding carboxylic acids is 1. The molecule has 0 N–H and O–H groups in total. The van der Waals surface area contributed by atoms with Gasteiger partial charge < -0.3 is 0 Å². The van der Waals surface area contributed by atoms with Crippen molar-refractivity contribution in [1.29, 1.82) is 0 Å². The molecule has 0 atom stereocenters. The lowest BCUT2D eigenvalue weighted by Crippen LogP contribution is -1.83. The molecule has 2 aromatic rings. The van der Waals surface area contributed by atoms with Gasteiger partial charge in [0.2, 0.25) is 0 Å². The molecule has 16 heavy (non-hydrogen) atoms. The number of benzene rings is 1. The summed E-state index contributed by atoms with van der Waals surface area (Å²) >= 11 is 0. The fourth-order valence-electron chi connectivity index (χ4n) is 2.09. The maximum absolute atomic E-state index is 11.2. The van der Waals surface area contributed by atoms with E-state index < -0.39 is 0 Å². The number of rotatable bonds is 1. The third-order valence-electron chi connectivity index (χ3n) is 2.95. The molecule has 0 saturated carbocycles. The summed E-state index contributed by atoms with van der Waals surface area (Å²) in [7, 11) is 0. The van der Waals surface area contributed by atoms with Crippen LogP contribution in [0, 0.1) is 0 Å². The van der Waals surface area contributed by atoms with E-state index in [1.165, 1.54) is 0 Å². The first kappa shape index (κ1) is 9.28. The third-order valence-corrected chi connectivity index (χ3v) is 2.95. The molecular weight excluding hydrogens is 198 g/mol. The van der Waals surface area contributed by atoms with E-state index in [9.17, 15) is 4.79 Å². The van der Waals surface area contributed by atoms with Crippen LogP contribution in [0.4, 0.5) is 0 Å². The molecule has 0 amide bonds. The van der Waals surface area contributed by atoms with Crippen LogP contribution in [0.5, 0.6) is 0 Å². The van der Waals surface area contributed by atoms with Gasteiger partial charge in [-0.25, -0.2) is 0 Å². The van der Waals surface area contributed by atoms with Crippen molar-refractivity contribution in [2.45, 2.75) is 12.8 Å². The van der Waals surface area contributed by atoms with Crippen molar-refractivity contribution in [1.82, 2.24) is 4.98 Å². The number of nitrogens with zero attached hydrogens (tertiary/aromatic N) is 1. The van der Waals surface area contributed by atoms with Crippen molar-refractivity contribution >= 4 is 22.3 Å². The number of ketones is 1. The second kappa shape index (κ2) is 3.56. The van der Waals surface area contributed by atoms with E-state index in [2.05, 4.69) is 23.2 Å². The van der Waals surface area contributed by atoms with Gasteiger partial charge in [0.15, 0.2) is 5.78 Å². The fraction of sp³-hybridized carbons (Fsp3) is 0.143. The first-order valence-electron chi connectivity index (χ1n) is 5.41. The van der Waals surface area contributed by atoms with Gasteiger partial charge in [0.25, 0.3) is 0 Å². The van der Waals surface area contributed by atoms with Crippen molar-refractivity contribution < 1.29 is 4.79 Å². The van der Waals surface area contributed by atoms with Crippen molar-refractivity contribution in [2.75, 3.05) is 0 Å². The van der Waals surface area contributed by atoms with Gasteiger partial charge in [-0.1, -0.05) is 18.2 Å². The SMILES string of the molecule is O=C1C=C(c2ccc3cccnc3c2)CC1. The van der Waals surface area contributed by atoms with Crippen LogP contribution in [-0.4, -0.2) is 10.8 Å². The van der Waals surface area contributed by atoms with Crippen molar-refractivity contribution in [3.05, 3.63) is 48.2 Å². The highest BCUT2D eigenvalue weighted by molar-refractivity contribution is 6.02. The molecule has 0 fully saturated rings. The van der Waals surface area contributed by atoms with Gasteiger partial charge in [-0.3, -0.25) is 9.78 Å². The zero-order valence-electron chi connectivity index (χ0n) is 8.81. The first-order valence-corrected chi connectivity index (χ1v) is 5.41. The number of aromatic nitrogens is 1. The standard InChI is InChI=1S/C14H11NO/c16-13-6-5-11(8-13)12-4-3-10-2-1-7-15-14(10)9-12/h1-4,7-9H,5-6H2. The van der Waals surface area contributed by atoms with Crippen LogP contribution >= 0.6 is 0 Å². The van der Waals surface area contributed by atoms with E-state index in [0.29, 0.717) is 6.42 Å². The highest BCUT2D eigenvalue weighted by Crippen LogP contribution is 2.27. The van der Waals surface area contributed by atoms with Gasteiger partial charge in [-0.2, -0.15) is 0 Å². The van der Waals surface area contributed by atoms with Crippen LogP contribution in [0.15, 0.2) is 42.6 Å². The Labute approximate surface area is 93.6 Å². The maximum Gasteiger partial charge on any atom is 0.156 e. The predicted octanol–water partition coefficient (Wildman–Crippen LogP) is 2.98. The summed E-state index contributed by atoms with van der Waals surface area (Å²) < 4.78 is 0. The van der Waals surface area contributed by atoms with E-state index in [0.717, 1.165) is 28.5 Å². The molecule has 1 aliphatic rings. The molecule has 78 valence electrons. The first-order chi connectivity index (χ1) is 7.83. The average Bonchev–Trinajstić information content (AvgIpc) is 2.75. The Morgan fingerprint density at radius 2 is 2.06 bits per heavy atom. The van der Waals surface area contributed by atoms with Gasteiger partial charge >= 0.3 is 0 Å². The minimum absolute atomic E-state index is 0.233. The summed E-state index contributed by atoms with van der Waals surface area (Å²) in [4.78, 5) is 15.5. The molecule has 1 aliphatic carbocycles. The number of fused-ring (bicyclic) bond motifs is 1. The fourth-order valence-corrected chi connectivity index (χ4v) is 2.09. The van der Waals surface area contributed by atoms with Crippen LogP contribution in [0.25, 0.3) is 16.5 Å². The maximum atomic E-state index is 11.2. The second-order valence-corrected chi connectivity index (χ2v) is 4.05. The van der Waals surface area contributed by atoms with Gasteiger partial charge in [0.1, 0.15) is 0 Å². The quantitative estimate of drug-likeness (QED) is 0.722. The van der Waals surface area contributed by atoms with E-state index in [1.807, 2.05) is 12.1 Å². The summed E-state index contributed by atoms with van der Waals surface area (Å²) in [5, 5.41) is 1.14. The molecular formula is C14H11NO. The van der Waals surface area contributed by atoms with Crippen LogP contribution in [0.3, 0.4) is 0 Å². The van der Waals surface area contributed by atoms with Gasteiger partial charge in [0.05, 0.1) is 5.52 Å². The molecule has 1 aromatic carbocycles. The van der Waals surface area contributed by atoms with E-state index in [4.69, 9.17) is 0 Å². The van der Waals surface area contributed by atoms with Crippen molar-refractivity contribution in [3.63, 3.8) is 0 Å². The van der Waals surface area contributed by atoms with Crippen molar-refractivity contribution in [2.24, 2.45) is 0 Å².